The van der Waals surface area contributed by atoms with Crippen molar-refractivity contribution in [1.82, 2.24) is 20.8 Å². The highest BCUT2D eigenvalue weighted by Gasteiger charge is 2.26. The van der Waals surface area contributed by atoms with Gasteiger partial charge in [-0.05, 0) is 19.4 Å². The van der Waals surface area contributed by atoms with Crippen LogP contribution in [0, 0.1) is 12.3 Å². The van der Waals surface area contributed by atoms with Crippen molar-refractivity contribution in [3.63, 3.8) is 0 Å². The highest BCUT2D eigenvalue weighted by Crippen LogP contribution is 2.20. The van der Waals surface area contributed by atoms with Gasteiger partial charge in [0, 0.05) is 6.42 Å². The number of terminal acetylenes is 1. The Morgan fingerprint density at radius 2 is 2.45 bits per heavy atom. The quantitative estimate of drug-likeness (QED) is 0.633. The van der Waals surface area contributed by atoms with Crippen LogP contribution in [0.4, 0.5) is 0 Å². The zero-order valence-electron chi connectivity index (χ0n) is 10.6. The molecule has 0 radical (unpaired) electrons. The maximum atomic E-state index is 11.8. The highest BCUT2D eigenvalue weighted by atomic mass is 16.5. The molecule has 106 valence electrons. The summed E-state index contributed by atoms with van der Waals surface area (Å²) in [5.41, 5.74) is 0. The minimum Gasteiger partial charge on any atom is -0.480 e. The highest BCUT2D eigenvalue weighted by molar-refractivity contribution is 5.93. The smallest absolute Gasteiger partial charge is 0.327 e. The van der Waals surface area contributed by atoms with Crippen molar-refractivity contribution in [3.8, 4) is 12.3 Å². The SMILES string of the molecule is C#CCC(NC(=O)c1noc(C2CCCN2)n1)C(=O)O. The minimum atomic E-state index is -1.21. The Bertz CT molecular complexity index is 542. The Labute approximate surface area is 114 Å². The molecule has 0 spiro atoms. The molecule has 8 heteroatoms. The molecule has 2 unspecified atom stereocenters. The van der Waals surface area contributed by atoms with Gasteiger partial charge in [-0.3, -0.25) is 4.79 Å². The lowest BCUT2D eigenvalue weighted by Gasteiger charge is -2.09. The third kappa shape index (κ3) is 3.13. The van der Waals surface area contributed by atoms with Crippen LogP contribution in [-0.2, 0) is 4.79 Å². The van der Waals surface area contributed by atoms with Gasteiger partial charge in [-0.15, -0.1) is 12.3 Å². The van der Waals surface area contributed by atoms with E-state index in [9.17, 15) is 9.59 Å². The fourth-order valence-electron chi connectivity index (χ4n) is 1.91. The monoisotopic (exact) mass is 278 g/mol. The number of hydrogen-bond donors (Lipinski definition) is 3. The fourth-order valence-corrected chi connectivity index (χ4v) is 1.91. The van der Waals surface area contributed by atoms with E-state index in [0.717, 1.165) is 19.4 Å². The van der Waals surface area contributed by atoms with Crippen LogP contribution in [0.15, 0.2) is 4.52 Å². The van der Waals surface area contributed by atoms with Crippen LogP contribution in [0.25, 0.3) is 0 Å². The van der Waals surface area contributed by atoms with Crippen molar-refractivity contribution in [1.29, 1.82) is 0 Å². The number of carbonyl (C=O) groups excluding carboxylic acids is 1. The molecule has 0 saturated carbocycles. The average molecular weight is 278 g/mol. The molecular weight excluding hydrogens is 264 g/mol. The molecule has 8 nitrogen and oxygen atoms in total. The summed E-state index contributed by atoms with van der Waals surface area (Å²) in [6.45, 7) is 0.859. The maximum absolute atomic E-state index is 11.8. The number of carboxylic acids is 1. The molecule has 2 heterocycles. The van der Waals surface area contributed by atoms with Crippen molar-refractivity contribution < 1.29 is 19.2 Å². The summed E-state index contributed by atoms with van der Waals surface area (Å²) >= 11 is 0. The summed E-state index contributed by atoms with van der Waals surface area (Å²) in [5.74, 6) is 0.387. The average Bonchev–Trinajstić information content (AvgIpc) is 3.08. The van der Waals surface area contributed by atoms with Gasteiger partial charge in [0.1, 0.15) is 6.04 Å². The molecule has 0 aromatic carbocycles. The second-order valence-electron chi connectivity index (χ2n) is 4.38. The van der Waals surface area contributed by atoms with Crippen molar-refractivity contribution in [2.75, 3.05) is 6.54 Å². The molecular formula is C12H14N4O4. The predicted octanol–water partition coefficient (Wildman–Crippen LogP) is -0.300. The summed E-state index contributed by atoms with van der Waals surface area (Å²) in [6.07, 6.45) is 6.79. The van der Waals surface area contributed by atoms with Gasteiger partial charge in [0.15, 0.2) is 0 Å². The number of nitrogens with zero attached hydrogens (tertiary/aromatic N) is 2. The standard InChI is InChI=1S/C12H14N4O4/c1-2-4-8(12(18)19)14-10(17)9-15-11(20-16-9)7-5-3-6-13-7/h1,7-8,13H,3-6H2,(H,14,17)(H,18,19). The molecule has 20 heavy (non-hydrogen) atoms. The zero-order chi connectivity index (χ0) is 14.5. The molecule has 1 aliphatic rings. The van der Waals surface area contributed by atoms with Crippen LogP contribution < -0.4 is 10.6 Å². The van der Waals surface area contributed by atoms with E-state index in [-0.39, 0.29) is 18.3 Å². The lowest BCUT2D eigenvalue weighted by atomic mass is 10.2. The van der Waals surface area contributed by atoms with Gasteiger partial charge < -0.3 is 20.3 Å². The van der Waals surface area contributed by atoms with Gasteiger partial charge in [-0.1, -0.05) is 5.16 Å². The van der Waals surface area contributed by atoms with Gasteiger partial charge in [0.05, 0.1) is 6.04 Å². The first-order valence-electron chi connectivity index (χ1n) is 6.16. The number of aromatic nitrogens is 2. The Morgan fingerprint density at radius 3 is 3.05 bits per heavy atom. The van der Waals surface area contributed by atoms with Crippen LogP contribution in [0.1, 0.15) is 41.8 Å². The second-order valence-corrected chi connectivity index (χ2v) is 4.38. The predicted molar refractivity (Wildman–Crippen MR) is 66.6 cm³/mol. The number of aliphatic carboxylic acids is 1. The number of nitrogens with one attached hydrogen (secondary N) is 2. The topological polar surface area (TPSA) is 117 Å². The lowest BCUT2D eigenvalue weighted by molar-refractivity contribution is -0.139. The van der Waals surface area contributed by atoms with E-state index >= 15 is 0 Å². The van der Waals surface area contributed by atoms with E-state index in [0.29, 0.717) is 5.89 Å². The number of carboxylic acid groups (broad SMARTS) is 1. The molecule has 1 aromatic rings. The molecule has 1 aliphatic heterocycles. The first-order chi connectivity index (χ1) is 9.61. The van der Waals surface area contributed by atoms with E-state index in [4.69, 9.17) is 16.1 Å². The van der Waals surface area contributed by atoms with E-state index < -0.39 is 17.9 Å². The van der Waals surface area contributed by atoms with Crippen molar-refractivity contribution >= 4 is 11.9 Å². The summed E-state index contributed by atoms with van der Waals surface area (Å²) in [4.78, 5) is 26.7. The zero-order valence-corrected chi connectivity index (χ0v) is 10.6. The fraction of sp³-hybridized carbons (Fsp3) is 0.500. The molecule has 1 saturated heterocycles. The van der Waals surface area contributed by atoms with E-state index in [1.807, 2.05) is 0 Å². The third-order valence-corrected chi connectivity index (χ3v) is 2.93. The number of carbonyl (C=O) groups is 2. The van der Waals surface area contributed by atoms with Gasteiger partial charge in [0.25, 0.3) is 11.7 Å². The van der Waals surface area contributed by atoms with Crippen LogP contribution in [0.3, 0.4) is 0 Å². The Hall–Kier alpha value is -2.40. The Morgan fingerprint density at radius 1 is 1.65 bits per heavy atom. The van der Waals surface area contributed by atoms with Crippen LogP contribution >= 0.6 is 0 Å². The van der Waals surface area contributed by atoms with Gasteiger partial charge in [-0.25, -0.2) is 4.79 Å². The van der Waals surface area contributed by atoms with Gasteiger partial charge in [0.2, 0.25) is 5.89 Å². The largest absolute Gasteiger partial charge is 0.480 e. The van der Waals surface area contributed by atoms with Crippen LogP contribution in [-0.4, -0.2) is 39.7 Å². The summed E-state index contributed by atoms with van der Waals surface area (Å²) in [7, 11) is 0. The Balaban J connectivity index is 2.02. The summed E-state index contributed by atoms with van der Waals surface area (Å²) in [6, 6.07) is -1.22. The number of rotatable bonds is 5. The van der Waals surface area contributed by atoms with E-state index in [1.54, 1.807) is 0 Å². The van der Waals surface area contributed by atoms with Crippen LogP contribution in [0.5, 0.6) is 0 Å². The molecule has 1 amide bonds. The van der Waals surface area contributed by atoms with Crippen molar-refractivity contribution in [2.45, 2.75) is 31.3 Å². The second kappa shape index (κ2) is 6.16. The van der Waals surface area contributed by atoms with Crippen molar-refractivity contribution in [3.05, 3.63) is 11.7 Å². The molecule has 0 aliphatic carbocycles. The minimum absolute atomic E-state index is 0.0509. The lowest BCUT2D eigenvalue weighted by Crippen LogP contribution is -2.40. The van der Waals surface area contributed by atoms with Gasteiger partial charge >= 0.3 is 5.97 Å². The first kappa shape index (κ1) is 14.0. The number of hydrogen-bond acceptors (Lipinski definition) is 6. The van der Waals surface area contributed by atoms with Crippen LogP contribution in [0.2, 0.25) is 0 Å². The Kier molecular flexibility index (Phi) is 4.32. The molecule has 1 aromatic heterocycles. The molecule has 2 atom stereocenters. The third-order valence-electron chi connectivity index (χ3n) is 2.93. The normalized spacial score (nSPS) is 19.2. The molecule has 0 bridgehead atoms. The molecule has 1 fully saturated rings. The van der Waals surface area contributed by atoms with Gasteiger partial charge in [-0.2, -0.15) is 4.98 Å². The number of amides is 1. The summed E-state index contributed by atoms with van der Waals surface area (Å²) < 4.78 is 5.00. The summed E-state index contributed by atoms with van der Waals surface area (Å²) in [5, 5.41) is 17.9. The van der Waals surface area contributed by atoms with Crippen molar-refractivity contribution in [2.24, 2.45) is 0 Å². The molecule has 3 N–H and O–H groups in total. The maximum Gasteiger partial charge on any atom is 0.327 e. The first-order valence-corrected chi connectivity index (χ1v) is 6.16. The van der Waals surface area contributed by atoms with E-state index in [2.05, 4.69) is 26.7 Å². The van der Waals surface area contributed by atoms with E-state index in [1.165, 1.54) is 0 Å². The molecule has 2 rings (SSSR count).